The lowest BCUT2D eigenvalue weighted by atomic mass is 10.1. The summed E-state index contributed by atoms with van der Waals surface area (Å²) in [7, 11) is 0. The first kappa shape index (κ1) is 19.6. The second-order valence-electron chi connectivity index (χ2n) is 7.00. The van der Waals surface area contributed by atoms with Crippen molar-refractivity contribution < 1.29 is 9.59 Å². The van der Waals surface area contributed by atoms with Crippen LogP contribution in [0.1, 0.15) is 26.5 Å². The molecule has 0 saturated carbocycles. The fourth-order valence-electron chi connectivity index (χ4n) is 2.81. The van der Waals surface area contributed by atoms with Crippen LogP contribution >= 0.6 is 35.4 Å². The van der Waals surface area contributed by atoms with Crippen molar-refractivity contribution in [3.8, 4) is 0 Å². The standard InChI is InChI=1S/C19H17Cl2N3O2S/c1-19(2,3)23-9-5-6-11(23)10-12-16(25)22-18(27)24(17(12)26)14-8-4-7-13(20)15(14)21/h4-10H,1-3H3,(H,22,25,27)/b12-10+. The molecule has 27 heavy (non-hydrogen) atoms. The highest BCUT2D eigenvalue weighted by atomic mass is 35.5. The number of carbonyl (C=O) groups is 2. The molecule has 1 aromatic heterocycles. The van der Waals surface area contributed by atoms with Gasteiger partial charge < -0.3 is 4.57 Å². The topological polar surface area (TPSA) is 54.3 Å². The van der Waals surface area contributed by atoms with Crippen molar-refractivity contribution in [3.05, 3.63) is 57.8 Å². The Balaban J connectivity index is 2.09. The van der Waals surface area contributed by atoms with Gasteiger partial charge in [-0.1, -0.05) is 29.3 Å². The zero-order valence-electron chi connectivity index (χ0n) is 14.9. The normalized spacial score (nSPS) is 16.9. The van der Waals surface area contributed by atoms with Gasteiger partial charge in [0.15, 0.2) is 5.11 Å². The number of hydrogen-bond donors (Lipinski definition) is 1. The summed E-state index contributed by atoms with van der Waals surface area (Å²) in [4.78, 5) is 26.7. The van der Waals surface area contributed by atoms with Crippen molar-refractivity contribution >= 4 is 64.1 Å². The van der Waals surface area contributed by atoms with Crippen LogP contribution in [-0.4, -0.2) is 21.5 Å². The van der Waals surface area contributed by atoms with Gasteiger partial charge in [-0.15, -0.1) is 0 Å². The lowest BCUT2D eigenvalue weighted by Gasteiger charge is -2.30. The lowest BCUT2D eigenvalue weighted by molar-refractivity contribution is -0.122. The smallest absolute Gasteiger partial charge is 0.270 e. The van der Waals surface area contributed by atoms with E-state index < -0.39 is 11.8 Å². The highest BCUT2D eigenvalue weighted by molar-refractivity contribution is 7.80. The van der Waals surface area contributed by atoms with Gasteiger partial charge in [-0.3, -0.25) is 19.8 Å². The Morgan fingerprint density at radius 2 is 1.81 bits per heavy atom. The third-order valence-electron chi connectivity index (χ3n) is 4.07. The van der Waals surface area contributed by atoms with E-state index in [1.807, 2.05) is 43.7 Å². The number of benzene rings is 1. The molecule has 0 atom stereocenters. The summed E-state index contributed by atoms with van der Waals surface area (Å²) in [6, 6.07) is 8.58. The first-order valence-electron chi connectivity index (χ1n) is 8.14. The predicted molar refractivity (Wildman–Crippen MR) is 112 cm³/mol. The van der Waals surface area contributed by atoms with Crippen LogP contribution in [0.2, 0.25) is 10.0 Å². The Morgan fingerprint density at radius 1 is 1.11 bits per heavy atom. The Bertz CT molecular complexity index is 989. The molecule has 1 aliphatic rings. The molecule has 3 rings (SSSR count). The Labute approximate surface area is 172 Å². The monoisotopic (exact) mass is 421 g/mol. The fourth-order valence-corrected chi connectivity index (χ4v) is 3.47. The molecule has 8 heteroatoms. The van der Waals surface area contributed by atoms with E-state index in [0.717, 1.165) is 5.69 Å². The molecule has 1 N–H and O–H groups in total. The summed E-state index contributed by atoms with van der Waals surface area (Å²) >= 11 is 17.5. The molecule has 2 amide bonds. The molecule has 1 aromatic carbocycles. The van der Waals surface area contributed by atoms with Crippen LogP contribution in [0.3, 0.4) is 0 Å². The van der Waals surface area contributed by atoms with Crippen LogP contribution in [0.15, 0.2) is 42.1 Å². The maximum absolute atomic E-state index is 13.1. The quantitative estimate of drug-likeness (QED) is 0.444. The van der Waals surface area contributed by atoms with Gasteiger partial charge in [-0.2, -0.15) is 0 Å². The minimum Gasteiger partial charge on any atom is -0.343 e. The average Bonchev–Trinajstić information content (AvgIpc) is 3.04. The minimum atomic E-state index is -0.561. The SMILES string of the molecule is CC(C)(C)n1cccc1/C=C1\C(=O)NC(=S)N(c2cccc(Cl)c2Cl)C1=O. The average molecular weight is 422 g/mol. The van der Waals surface area contributed by atoms with E-state index in [1.54, 1.807) is 24.3 Å². The molecule has 0 unspecified atom stereocenters. The molecular formula is C19H17Cl2N3O2S. The third kappa shape index (κ3) is 3.65. The summed E-state index contributed by atoms with van der Waals surface area (Å²) in [6.07, 6.45) is 3.45. The van der Waals surface area contributed by atoms with E-state index in [0.29, 0.717) is 5.69 Å². The van der Waals surface area contributed by atoms with Gasteiger partial charge in [0, 0.05) is 17.4 Å². The number of thiocarbonyl (C=S) groups is 1. The van der Waals surface area contributed by atoms with Crippen molar-refractivity contribution in [2.45, 2.75) is 26.3 Å². The molecule has 0 aliphatic carbocycles. The van der Waals surface area contributed by atoms with Crippen molar-refractivity contribution in [1.29, 1.82) is 0 Å². The van der Waals surface area contributed by atoms with Gasteiger partial charge in [0.2, 0.25) is 0 Å². The third-order valence-corrected chi connectivity index (χ3v) is 5.16. The van der Waals surface area contributed by atoms with Crippen LogP contribution in [0.5, 0.6) is 0 Å². The van der Waals surface area contributed by atoms with Crippen LogP contribution < -0.4 is 10.2 Å². The number of anilines is 1. The van der Waals surface area contributed by atoms with Crippen molar-refractivity contribution in [3.63, 3.8) is 0 Å². The first-order chi connectivity index (χ1) is 12.6. The van der Waals surface area contributed by atoms with Gasteiger partial charge in [0.05, 0.1) is 15.7 Å². The summed E-state index contributed by atoms with van der Waals surface area (Å²) in [6.45, 7) is 6.10. The Hall–Kier alpha value is -2.15. The number of amides is 2. The summed E-state index contributed by atoms with van der Waals surface area (Å²) < 4.78 is 1.98. The number of nitrogens with zero attached hydrogens (tertiary/aromatic N) is 2. The second kappa shape index (κ2) is 7.11. The Morgan fingerprint density at radius 3 is 2.48 bits per heavy atom. The number of rotatable bonds is 2. The van der Waals surface area contributed by atoms with Crippen LogP contribution in [0.25, 0.3) is 6.08 Å². The Kier molecular flexibility index (Phi) is 5.16. The zero-order valence-corrected chi connectivity index (χ0v) is 17.2. The number of halogens is 2. The van der Waals surface area contributed by atoms with Crippen molar-refractivity contribution in [2.75, 3.05) is 4.90 Å². The molecular weight excluding hydrogens is 405 g/mol. The number of hydrogen-bond acceptors (Lipinski definition) is 3. The molecule has 1 aliphatic heterocycles. The molecule has 0 spiro atoms. The van der Waals surface area contributed by atoms with E-state index in [9.17, 15) is 9.59 Å². The maximum Gasteiger partial charge on any atom is 0.270 e. The lowest BCUT2D eigenvalue weighted by Crippen LogP contribution is -2.54. The second-order valence-corrected chi connectivity index (χ2v) is 8.18. The zero-order chi connectivity index (χ0) is 19.9. The molecule has 2 aromatic rings. The molecule has 140 valence electrons. The summed E-state index contributed by atoms with van der Waals surface area (Å²) in [5.41, 5.74) is 0.793. The first-order valence-corrected chi connectivity index (χ1v) is 9.31. The molecule has 1 fully saturated rings. The summed E-state index contributed by atoms with van der Waals surface area (Å²) in [5.74, 6) is -1.12. The molecule has 1 saturated heterocycles. The maximum atomic E-state index is 13.1. The van der Waals surface area contributed by atoms with Gasteiger partial charge in [0.25, 0.3) is 11.8 Å². The number of nitrogens with one attached hydrogen (secondary N) is 1. The van der Waals surface area contributed by atoms with Crippen molar-refractivity contribution in [1.82, 2.24) is 9.88 Å². The van der Waals surface area contributed by atoms with E-state index >= 15 is 0 Å². The summed E-state index contributed by atoms with van der Waals surface area (Å²) in [5, 5.41) is 2.97. The van der Waals surface area contributed by atoms with E-state index in [1.165, 1.54) is 4.90 Å². The molecule has 2 heterocycles. The van der Waals surface area contributed by atoms with Crippen LogP contribution in [-0.2, 0) is 15.1 Å². The molecule has 5 nitrogen and oxygen atoms in total. The minimum absolute atomic E-state index is 0.0381. The van der Waals surface area contributed by atoms with Gasteiger partial charge in [-0.05, 0) is 63.3 Å². The number of aromatic nitrogens is 1. The molecule has 0 bridgehead atoms. The van der Waals surface area contributed by atoms with E-state index in [2.05, 4.69) is 5.32 Å². The highest BCUT2D eigenvalue weighted by Crippen LogP contribution is 2.34. The largest absolute Gasteiger partial charge is 0.343 e. The predicted octanol–water partition coefficient (Wildman–Crippen LogP) is 4.38. The number of carbonyl (C=O) groups excluding carboxylic acids is 2. The van der Waals surface area contributed by atoms with Crippen LogP contribution in [0, 0.1) is 0 Å². The van der Waals surface area contributed by atoms with Gasteiger partial charge in [-0.25, -0.2) is 0 Å². The van der Waals surface area contributed by atoms with Crippen LogP contribution in [0.4, 0.5) is 5.69 Å². The van der Waals surface area contributed by atoms with Gasteiger partial charge in [0.1, 0.15) is 5.57 Å². The fraction of sp³-hybridized carbons (Fsp3) is 0.211. The van der Waals surface area contributed by atoms with Gasteiger partial charge >= 0.3 is 0 Å². The van der Waals surface area contributed by atoms with Crippen molar-refractivity contribution in [2.24, 2.45) is 0 Å². The molecule has 0 radical (unpaired) electrons. The van der Waals surface area contributed by atoms with E-state index in [4.69, 9.17) is 35.4 Å². The van der Waals surface area contributed by atoms with E-state index in [-0.39, 0.29) is 26.3 Å². The highest BCUT2D eigenvalue weighted by Gasteiger charge is 2.36.